The highest BCUT2D eigenvalue weighted by atomic mass is 16.6. The molecule has 0 amide bonds. The lowest BCUT2D eigenvalue weighted by molar-refractivity contribution is -0.161. The molecule has 46 heavy (non-hydrogen) atoms. The van der Waals surface area contributed by atoms with E-state index in [0.717, 1.165) is 64.2 Å². The zero-order valence-corrected chi connectivity index (χ0v) is 30.1. The van der Waals surface area contributed by atoms with Gasteiger partial charge in [0.05, 0.1) is 6.61 Å². The Morgan fingerprint density at radius 1 is 0.500 bits per heavy atom. The number of ether oxygens (including phenoxy) is 2. The summed E-state index contributed by atoms with van der Waals surface area (Å²) in [5.41, 5.74) is 0. The maximum absolute atomic E-state index is 12.1. The molecule has 0 spiro atoms. The lowest BCUT2D eigenvalue weighted by Gasteiger charge is -2.15. The molecule has 0 aliphatic heterocycles. The van der Waals surface area contributed by atoms with Crippen molar-refractivity contribution in [2.24, 2.45) is 0 Å². The Balaban J connectivity index is 3.62. The van der Waals surface area contributed by atoms with E-state index in [-0.39, 0.29) is 25.2 Å². The zero-order chi connectivity index (χ0) is 33.6. The van der Waals surface area contributed by atoms with Crippen molar-refractivity contribution in [1.82, 2.24) is 0 Å². The summed E-state index contributed by atoms with van der Waals surface area (Å²) in [6, 6.07) is 0. The second-order valence-corrected chi connectivity index (χ2v) is 12.6. The van der Waals surface area contributed by atoms with E-state index in [2.05, 4.69) is 62.5 Å². The molecule has 0 aromatic heterocycles. The summed E-state index contributed by atoms with van der Waals surface area (Å²) in [5, 5.41) is 9.54. The van der Waals surface area contributed by atoms with Crippen LogP contribution in [0.5, 0.6) is 0 Å². The number of hydrogen-bond acceptors (Lipinski definition) is 5. The van der Waals surface area contributed by atoms with E-state index in [1.54, 1.807) is 0 Å². The molecule has 0 heterocycles. The van der Waals surface area contributed by atoms with Gasteiger partial charge in [0.25, 0.3) is 0 Å². The lowest BCUT2D eigenvalue weighted by Crippen LogP contribution is -2.28. The second-order valence-electron chi connectivity index (χ2n) is 12.6. The van der Waals surface area contributed by atoms with Crippen LogP contribution >= 0.6 is 0 Å². The average Bonchev–Trinajstić information content (AvgIpc) is 3.06. The molecule has 0 aromatic carbocycles. The minimum Gasteiger partial charge on any atom is -0.462 e. The van der Waals surface area contributed by atoms with Crippen molar-refractivity contribution in [2.75, 3.05) is 13.2 Å². The fraction of sp³-hybridized carbons (Fsp3) is 0.756. The Kier molecular flexibility index (Phi) is 35.6. The third-order valence-electron chi connectivity index (χ3n) is 8.10. The van der Waals surface area contributed by atoms with Gasteiger partial charge < -0.3 is 14.6 Å². The maximum Gasteiger partial charge on any atom is 0.306 e. The molecule has 0 aliphatic carbocycles. The molecule has 1 N–H and O–H groups in total. The number of aliphatic hydroxyl groups is 1. The first-order chi connectivity index (χ1) is 22.6. The van der Waals surface area contributed by atoms with Gasteiger partial charge in [-0.25, -0.2) is 0 Å². The summed E-state index contributed by atoms with van der Waals surface area (Å²) in [6.45, 7) is 4.07. The van der Waals surface area contributed by atoms with Crippen LogP contribution in [0.4, 0.5) is 0 Å². The normalized spacial score (nSPS) is 12.7. The standard InChI is InChI=1S/C41H72O5/c1-3-5-7-9-11-13-15-17-19-20-22-24-26-28-30-32-34-36-41(44)46-39(37-42)38-45-40(43)35-33-31-29-27-25-23-21-18-16-14-12-10-8-6-4-2/h11,13-14,16-17,19,22,24,39,42H,3-10,12,15,18,20-21,23,25-38H2,1-2H3/b13-11+,16-14+,19-17+,24-22+/t39-/m0/s1. The van der Waals surface area contributed by atoms with Crippen molar-refractivity contribution in [2.45, 2.75) is 187 Å². The quantitative estimate of drug-likeness (QED) is 0.0429. The molecule has 5 nitrogen and oxygen atoms in total. The molecule has 1 atom stereocenters. The average molecular weight is 645 g/mol. The van der Waals surface area contributed by atoms with Crippen molar-refractivity contribution in [1.29, 1.82) is 0 Å². The van der Waals surface area contributed by atoms with Crippen LogP contribution in [-0.2, 0) is 19.1 Å². The zero-order valence-electron chi connectivity index (χ0n) is 30.1. The van der Waals surface area contributed by atoms with Gasteiger partial charge in [0, 0.05) is 12.8 Å². The molecule has 0 aromatic rings. The number of esters is 2. The van der Waals surface area contributed by atoms with Gasteiger partial charge in [-0.15, -0.1) is 0 Å². The van der Waals surface area contributed by atoms with Gasteiger partial charge in [-0.05, 0) is 77.0 Å². The smallest absolute Gasteiger partial charge is 0.306 e. The largest absolute Gasteiger partial charge is 0.462 e. The predicted molar refractivity (Wildman–Crippen MR) is 196 cm³/mol. The molecule has 0 rings (SSSR count). The van der Waals surface area contributed by atoms with Gasteiger partial charge in [-0.1, -0.05) is 140 Å². The number of hydrogen-bond donors (Lipinski definition) is 1. The molecular weight excluding hydrogens is 572 g/mol. The van der Waals surface area contributed by atoms with Crippen LogP contribution in [0.1, 0.15) is 181 Å². The Morgan fingerprint density at radius 3 is 1.37 bits per heavy atom. The van der Waals surface area contributed by atoms with Crippen molar-refractivity contribution < 1.29 is 24.2 Å². The van der Waals surface area contributed by atoms with Gasteiger partial charge >= 0.3 is 11.9 Å². The minimum atomic E-state index is -0.784. The van der Waals surface area contributed by atoms with Gasteiger partial charge in [-0.3, -0.25) is 9.59 Å². The summed E-state index contributed by atoms with van der Waals surface area (Å²) < 4.78 is 10.6. The first kappa shape index (κ1) is 43.9. The molecule has 0 bridgehead atoms. The van der Waals surface area contributed by atoms with Crippen LogP contribution in [0.2, 0.25) is 0 Å². The van der Waals surface area contributed by atoms with Crippen LogP contribution in [0, 0.1) is 0 Å². The number of unbranched alkanes of at least 4 members (excludes halogenated alkanes) is 18. The number of aliphatic hydroxyl groups excluding tert-OH is 1. The van der Waals surface area contributed by atoms with Crippen LogP contribution in [-0.4, -0.2) is 36.4 Å². The predicted octanol–water partition coefficient (Wildman–Crippen LogP) is 11.8. The lowest BCUT2D eigenvalue weighted by atomic mass is 10.1. The molecule has 0 radical (unpaired) electrons. The second kappa shape index (κ2) is 37.3. The first-order valence-corrected chi connectivity index (χ1v) is 19.2. The van der Waals surface area contributed by atoms with E-state index < -0.39 is 6.10 Å². The SMILES string of the molecule is CCCCC/C=C/C/C=C/C/C=C/CCCCCCC(=O)O[C@@H](CO)COC(=O)CCCCCCCCC/C=C/CCCCCC. The number of carbonyl (C=O) groups is 2. The van der Waals surface area contributed by atoms with Gasteiger partial charge in [0.2, 0.25) is 0 Å². The van der Waals surface area contributed by atoms with Crippen LogP contribution in [0.25, 0.3) is 0 Å². The van der Waals surface area contributed by atoms with Gasteiger partial charge in [-0.2, -0.15) is 0 Å². The maximum atomic E-state index is 12.1. The van der Waals surface area contributed by atoms with Crippen LogP contribution < -0.4 is 0 Å². The molecule has 0 aliphatic rings. The van der Waals surface area contributed by atoms with Crippen LogP contribution in [0.3, 0.4) is 0 Å². The monoisotopic (exact) mass is 645 g/mol. The number of carbonyl (C=O) groups excluding carboxylic acids is 2. The molecule has 0 fully saturated rings. The first-order valence-electron chi connectivity index (χ1n) is 19.2. The molecule has 0 saturated carbocycles. The van der Waals surface area contributed by atoms with E-state index in [9.17, 15) is 14.7 Å². The fourth-order valence-electron chi connectivity index (χ4n) is 5.14. The Hall–Kier alpha value is -2.14. The van der Waals surface area contributed by atoms with E-state index in [4.69, 9.17) is 9.47 Å². The topological polar surface area (TPSA) is 72.8 Å². The summed E-state index contributed by atoms with van der Waals surface area (Å²) in [5.74, 6) is -0.623. The van der Waals surface area contributed by atoms with Gasteiger partial charge in [0.1, 0.15) is 6.61 Å². The minimum absolute atomic E-state index is 0.0778. The van der Waals surface area contributed by atoms with Crippen LogP contribution in [0.15, 0.2) is 48.6 Å². The van der Waals surface area contributed by atoms with Crippen molar-refractivity contribution >= 4 is 11.9 Å². The molecule has 0 saturated heterocycles. The molecular formula is C41H72O5. The molecule has 5 heteroatoms. The number of allylic oxidation sites excluding steroid dienone is 8. The summed E-state index contributed by atoms with van der Waals surface area (Å²) >= 11 is 0. The Labute approximate surface area is 284 Å². The molecule has 0 unspecified atom stereocenters. The Bertz CT molecular complexity index is 782. The van der Waals surface area contributed by atoms with E-state index in [1.807, 2.05) is 0 Å². The van der Waals surface area contributed by atoms with E-state index in [1.165, 1.54) is 89.9 Å². The summed E-state index contributed by atoms with van der Waals surface area (Å²) in [7, 11) is 0. The third-order valence-corrected chi connectivity index (χ3v) is 8.10. The van der Waals surface area contributed by atoms with E-state index in [0.29, 0.717) is 12.8 Å². The van der Waals surface area contributed by atoms with Crippen molar-refractivity contribution in [3.05, 3.63) is 48.6 Å². The number of rotatable bonds is 34. The highest BCUT2D eigenvalue weighted by molar-refractivity contribution is 5.70. The summed E-state index contributed by atoms with van der Waals surface area (Å²) in [4.78, 5) is 24.2. The highest BCUT2D eigenvalue weighted by Gasteiger charge is 2.16. The third kappa shape index (κ3) is 34.7. The fourth-order valence-corrected chi connectivity index (χ4v) is 5.14. The highest BCUT2D eigenvalue weighted by Crippen LogP contribution is 2.12. The summed E-state index contributed by atoms with van der Waals surface area (Å²) in [6.07, 6.45) is 45.9. The van der Waals surface area contributed by atoms with Gasteiger partial charge in [0.15, 0.2) is 6.10 Å². The van der Waals surface area contributed by atoms with Crippen molar-refractivity contribution in [3.8, 4) is 0 Å². The Morgan fingerprint density at radius 2 is 0.870 bits per heavy atom. The van der Waals surface area contributed by atoms with E-state index >= 15 is 0 Å². The van der Waals surface area contributed by atoms with Crippen molar-refractivity contribution in [3.63, 3.8) is 0 Å². The molecule has 266 valence electrons.